The number of amides is 1. The lowest BCUT2D eigenvalue weighted by Crippen LogP contribution is -2.41. The fourth-order valence-electron chi connectivity index (χ4n) is 4.37. The summed E-state index contributed by atoms with van der Waals surface area (Å²) in [5.41, 5.74) is 2.02. The number of carbonyl (C=O) groups excluding carboxylic acids is 2. The van der Waals surface area contributed by atoms with Crippen LogP contribution >= 0.6 is 12.2 Å². The van der Waals surface area contributed by atoms with Crippen molar-refractivity contribution in [1.29, 1.82) is 0 Å². The Bertz CT molecular complexity index is 1310. The summed E-state index contributed by atoms with van der Waals surface area (Å²) in [6.45, 7) is 2.46. The Kier molecular flexibility index (Phi) is 6.74. The van der Waals surface area contributed by atoms with E-state index in [4.69, 9.17) is 17.0 Å². The molecule has 0 aliphatic heterocycles. The lowest BCUT2D eigenvalue weighted by Gasteiger charge is -2.29. The summed E-state index contributed by atoms with van der Waals surface area (Å²) in [7, 11) is 1.30. The highest BCUT2D eigenvalue weighted by molar-refractivity contribution is 7.71. The molecular weight excluding hydrogens is 438 g/mol. The van der Waals surface area contributed by atoms with Gasteiger partial charge in [-0.15, -0.1) is 0 Å². The van der Waals surface area contributed by atoms with Gasteiger partial charge in [0.15, 0.2) is 4.77 Å². The number of carbonyl (C=O) groups is 2. The van der Waals surface area contributed by atoms with E-state index in [-0.39, 0.29) is 28.8 Å². The van der Waals surface area contributed by atoms with Gasteiger partial charge in [-0.3, -0.25) is 14.2 Å². The van der Waals surface area contributed by atoms with Crippen LogP contribution in [0.15, 0.2) is 47.3 Å². The Morgan fingerprint density at radius 1 is 1.12 bits per heavy atom. The molecule has 3 aromatic rings. The molecule has 1 aromatic heterocycles. The first-order valence-corrected chi connectivity index (χ1v) is 11.5. The summed E-state index contributed by atoms with van der Waals surface area (Å²) in [5.74, 6) is -0.0588. The number of rotatable bonds is 5. The predicted molar refractivity (Wildman–Crippen MR) is 129 cm³/mol. The van der Waals surface area contributed by atoms with Crippen LogP contribution in [0.3, 0.4) is 0 Å². The smallest absolute Gasteiger partial charge is 0.337 e. The second-order valence-electron chi connectivity index (χ2n) is 8.61. The van der Waals surface area contributed by atoms with Crippen molar-refractivity contribution in [3.05, 3.63) is 74.3 Å². The maximum absolute atomic E-state index is 13.0. The van der Waals surface area contributed by atoms with E-state index < -0.39 is 5.97 Å². The molecule has 0 spiro atoms. The number of fused-ring (bicyclic) bond motifs is 1. The summed E-state index contributed by atoms with van der Waals surface area (Å²) < 4.78 is 6.45. The average molecular weight is 466 g/mol. The molecule has 2 atom stereocenters. The zero-order valence-corrected chi connectivity index (χ0v) is 19.5. The van der Waals surface area contributed by atoms with Crippen molar-refractivity contribution in [3.8, 4) is 0 Å². The van der Waals surface area contributed by atoms with E-state index in [2.05, 4.69) is 17.2 Å². The first-order chi connectivity index (χ1) is 15.9. The van der Waals surface area contributed by atoms with Crippen LogP contribution in [0.1, 0.15) is 58.9 Å². The Morgan fingerprint density at radius 3 is 2.52 bits per heavy atom. The fraction of sp³-hybridized carbons (Fsp3) is 0.360. The maximum atomic E-state index is 13.0. The number of nitrogens with one attached hydrogen (secondary N) is 2. The van der Waals surface area contributed by atoms with Crippen molar-refractivity contribution in [2.75, 3.05) is 7.11 Å². The van der Waals surface area contributed by atoms with Crippen LogP contribution in [0, 0.1) is 10.7 Å². The molecule has 0 radical (unpaired) electrons. The van der Waals surface area contributed by atoms with Crippen molar-refractivity contribution in [3.63, 3.8) is 0 Å². The number of methoxy groups -OCH3 is 1. The van der Waals surface area contributed by atoms with Crippen molar-refractivity contribution < 1.29 is 14.3 Å². The van der Waals surface area contributed by atoms with E-state index >= 15 is 0 Å². The van der Waals surface area contributed by atoms with Crippen LogP contribution in [0.5, 0.6) is 0 Å². The molecule has 1 aliphatic rings. The highest BCUT2D eigenvalue weighted by Gasteiger charge is 2.23. The number of hydrogen-bond donors (Lipinski definition) is 2. The van der Waals surface area contributed by atoms with Gasteiger partial charge < -0.3 is 15.0 Å². The van der Waals surface area contributed by atoms with Gasteiger partial charge in [-0.2, -0.15) is 0 Å². The van der Waals surface area contributed by atoms with E-state index in [1.165, 1.54) is 18.1 Å². The zero-order chi connectivity index (χ0) is 23.5. The van der Waals surface area contributed by atoms with Gasteiger partial charge in [0.25, 0.3) is 11.5 Å². The fourth-order valence-corrected chi connectivity index (χ4v) is 4.63. The summed E-state index contributed by atoms with van der Waals surface area (Å²) in [6.07, 6.45) is 4.55. The largest absolute Gasteiger partial charge is 0.465 e. The second kappa shape index (κ2) is 9.70. The summed E-state index contributed by atoms with van der Waals surface area (Å²) in [4.78, 5) is 40.5. The minimum atomic E-state index is -0.484. The van der Waals surface area contributed by atoms with Crippen molar-refractivity contribution in [1.82, 2.24) is 14.9 Å². The third-order valence-corrected chi connectivity index (χ3v) is 6.71. The molecular formula is C25H27N3O4S. The van der Waals surface area contributed by atoms with Crippen LogP contribution < -0.4 is 10.9 Å². The van der Waals surface area contributed by atoms with Gasteiger partial charge in [-0.25, -0.2) is 4.79 Å². The van der Waals surface area contributed by atoms with E-state index in [9.17, 15) is 14.4 Å². The van der Waals surface area contributed by atoms with E-state index in [0.717, 1.165) is 24.8 Å². The Balaban J connectivity index is 1.53. The number of nitrogens with zero attached hydrogens (tertiary/aromatic N) is 1. The SMILES string of the molecule is COC(=O)c1ccc2c(=O)n(Cc3ccc(C(=O)N[C@@H]4CCCC[C@@H]4C)cc3)c(=S)[nH]c2c1. The van der Waals surface area contributed by atoms with Crippen LogP contribution in [-0.4, -0.2) is 34.6 Å². The first-order valence-electron chi connectivity index (χ1n) is 11.1. The second-order valence-corrected chi connectivity index (χ2v) is 9.00. The van der Waals surface area contributed by atoms with Crippen molar-refractivity contribution >= 4 is 35.0 Å². The standard InChI is InChI=1S/C25H27N3O4S/c1-15-5-3-4-6-20(15)26-22(29)17-9-7-16(8-10-17)14-28-23(30)19-12-11-18(24(31)32-2)13-21(19)27-25(28)33/h7-13,15,20H,3-6,14H2,1-2H3,(H,26,29)(H,27,33)/t15-,20+/m0/s1. The number of ether oxygens (including phenoxy) is 1. The lowest BCUT2D eigenvalue weighted by atomic mass is 9.86. The monoisotopic (exact) mass is 465 g/mol. The molecule has 2 aromatic carbocycles. The number of benzene rings is 2. The molecule has 4 rings (SSSR count). The summed E-state index contributed by atoms with van der Waals surface area (Å²) in [6, 6.07) is 12.2. The molecule has 1 amide bonds. The van der Waals surface area contributed by atoms with Crippen LogP contribution in [-0.2, 0) is 11.3 Å². The van der Waals surface area contributed by atoms with E-state index in [1.54, 1.807) is 30.3 Å². The molecule has 7 nitrogen and oxygen atoms in total. The number of esters is 1. The predicted octanol–water partition coefficient (Wildman–Crippen LogP) is 4.20. The highest BCUT2D eigenvalue weighted by Crippen LogP contribution is 2.24. The number of H-pyrrole nitrogens is 1. The van der Waals surface area contributed by atoms with E-state index in [1.807, 2.05) is 12.1 Å². The Hall–Kier alpha value is -3.26. The molecule has 0 bridgehead atoms. The third kappa shape index (κ3) is 4.90. The molecule has 172 valence electrons. The molecule has 8 heteroatoms. The first kappa shape index (κ1) is 22.9. The summed E-state index contributed by atoms with van der Waals surface area (Å²) >= 11 is 5.40. The molecule has 2 N–H and O–H groups in total. The molecule has 33 heavy (non-hydrogen) atoms. The number of aromatic amines is 1. The van der Waals surface area contributed by atoms with Crippen LogP contribution in [0.4, 0.5) is 0 Å². The van der Waals surface area contributed by atoms with E-state index in [0.29, 0.717) is 27.9 Å². The van der Waals surface area contributed by atoms with Gasteiger partial charge in [0.05, 0.1) is 30.1 Å². The molecule has 1 heterocycles. The minimum absolute atomic E-state index is 0.0677. The molecule has 0 unspecified atom stereocenters. The van der Waals surface area contributed by atoms with Gasteiger partial charge in [-0.05, 0) is 66.9 Å². The normalized spacial score (nSPS) is 18.1. The van der Waals surface area contributed by atoms with Crippen molar-refractivity contribution in [2.45, 2.75) is 45.2 Å². The van der Waals surface area contributed by atoms with Crippen molar-refractivity contribution in [2.24, 2.45) is 5.92 Å². The third-order valence-electron chi connectivity index (χ3n) is 6.39. The van der Waals surface area contributed by atoms with Crippen LogP contribution in [0.25, 0.3) is 10.9 Å². The summed E-state index contributed by atoms with van der Waals surface area (Å²) in [5, 5.41) is 3.59. The van der Waals surface area contributed by atoms with Gasteiger partial charge in [0.1, 0.15) is 0 Å². The van der Waals surface area contributed by atoms with Gasteiger partial charge in [0, 0.05) is 11.6 Å². The quantitative estimate of drug-likeness (QED) is 0.435. The Morgan fingerprint density at radius 2 is 1.82 bits per heavy atom. The molecule has 1 aliphatic carbocycles. The lowest BCUT2D eigenvalue weighted by molar-refractivity contribution is 0.0600. The maximum Gasteiger partial charge on any atom is 0.337 e. The molecule has 1 saturated carbocycles. The topological polar surface area (TPSA) is 93.2 Å². The molecule has 0 saturated heterocycles. The number of aromatic nitrogens is 2. The van der Waals surface area contributed by atoms with Gasteiger partial charge >= 0.3 is 5.97 Å². The zero-order valence-electron chi connectivity index (χ0n) is 18.7. The number of hydrogen-bond acceptors (Lipinski definition) is 5. The van der Waals surface area contributed by atoms with Gasteiger partial charge in [-0.1, -0.05) is 31.9 Å². The highest BCUT2D eigenvalue weighted by atomic mass is 32.1. The van der Waals surface area contributed by atoms with Crippen LogP contribution in [0.2, 0.25) is 0 Å². The minimum Gasteiger partial charge on any atom is -0.465 e. The Labute approximate surface area is 196 Å². The average Bonchev–Trinajstić information content (AvgIpc) is 2.82. The molecule has 1 fully saturated rings. The van der Waals surface area contributed by atoms with Gasteiger partial charge in [0.2, 0.25) is 0 Å².